The zero-order valence-electron chi connectivity index (χ0n) is 15.6. The van der Waals surface area contributed by atoms with Crippen molar-refractivity contribution in [1.29, 1.82) is 0 Å². The summed E-state index contributed by atoms with van der Waals surface area (Å²) in [6.45, 7) is 1.04. The maximum Gasteiger partial charge on any atom is 0.280 e. The fraction of sp³-hybridized carbons (Fsp3) is 0.211. The summed E-state index contributed by atoms with van der Waals surface area (Å²) in [5.74, 6) is -2.67. The van der Waals surface area contributed by atoms with E-state index in [2.05, 4.69) is 20.4 Å². The average Bonchev–Trinajstić information content (AvgIpc) is 3.20. The van der Waals surface area contributed by atoms with Gasteiger partial charge < -0.3 is 5.11 Å². The van der Waals surface area contributed by atoms with E-state index in [-0.39, 0.29) is 23.0 Å². The third kappa shape index (κ3) is 3.22. The smallest absolute Gasteiger partial charge is 0.280 e. The summed E-state index contributed by atoms with van der Waals surface area (Å²) in [6.07, 6.45) is 2.50. The number of halogens is 3. The molecule has 2 aromatic heterocycles. The van der Waals surface area contributed by atoms with E-state index < -0.39 is 34.7 Å². The largest absolute Gasteiger partial charge is 0.381 e. The van der Waals surface area contributed by atoms with E-state index in [0.29, 0.717) is 6.07 Å². The Bertz CT molecular complexity index is 1280. The quantitative estimate of drug-likeness (QED) is 0.534. The lowest BCUT2D eigenvalue weighted by molar-refractivity contribution is -0.0390. The molecule has 0 bridgehead atoms. The highest BCUT2D eigenvalue weighted by Crippen LogP contribution is 2.35. The summed E-state index contributed by atoms with van der Waals surface area (Å²) in [5.41, 5.74) is -3.25. The Morgan fingerprint density at radius 3 is 2.67 bits per heavy atom. The molecule has 8 nitrogen and oxygen atoms in total. The van der Waals surface area contributed by atoms with Crippen LogP contribution in [0.1, 0.15) is 18.5 Å². The molecule has 0 unspecified atom stereocenters. The molecule has 0 saturated carbocycles. The predicted molar refractivity (Wildman–Crippen MR) is 98.7 cm³/mol. The van der Waals surface area contributed by atoms with E-state index in [9.17, 15) is 23.1 Å². The predicted octanol–water partition coefficient (Wildman–Crippen LogP) is 1.95. The third-order valence-corrected chi connectivity index (χ3v) is 4.99. The molecule has 2 atom stereocenters. The Morgan fingerprint density at radius 1 is 1.17 bits per heavy atom. The van der Waals surface area contributed by atoms with Gasteiger partial charge >= 0.3 is 0 Å². The van der Waals surface area contributed by atoms with Crippen molar-refractivity contribution < 1.29 is 18.3 Å². The summed E-state index contributed by atoms with van der Waals surface area (Å²) >= 11 is 0. The van der Waals surface area contributed by atoms with E-state index in [1.165, 1.54) is 36.4 Å². The lowest BCUT2D eigenvalue weighted by Crippen LogP contribution is -2.44. The van der Waals surface area contributed by atoms with Crippen LogP contribution in [0.2, 0.25) is 0 Å². The molecule has 2 heterocycles. The van der Waals surface area contributed by atoms with Crippen LogP contribution >= 0.6 is 0 Å². The van der Waals surface area contributed by atoms with Crippen LogP contribution in [0.3, 0.4) is 0 Å². The molecule has 0 amide bonds. The Balaban J connectivity index is 1.91. The molecule has 0 aliphatic carbocycles. The van der Waals surface area contributed by atoms with Crippen LogP contribution in [0.4, 0.5) is 13.2 Å². The average molecular weight is 416 g/mol. The highest BCUT2D eigenvalue weighted by Gasteiger charge is 2.41. The molecule has 0 spiro atoms. The fourth-order valence-corrected chi connectivity index (χ4v) is 3.36. The van der Waals surface area contributed by atoms with E-state index in [0.717, 1.165) is 22.9 Å². The van der Waals surface area contributed by atoms with Gasteiger partial charge in [-0.1, -0.05) is 17.3 Å². The third-order valence-electron chi connectivity index (χ3n) is 4.99. The van der Waals surface area contributed by atoms with Gasteiger partial charge in [-0.2, -0.15) is 5.10 Å². The van der Waals surface area contributed by atoms with Gasteiger partial charge in [0, 0.05) is 11.6 Å². The van der Waals surface area contributed by atoms with Crippen LogP contribution in [-0.4, -0.2) is 34.9 Å². The van der Waals surface area contributed by atoms with Gasteiger partial charge in [0.05, 0.1) is 12.6 Å². The first kappa shape index (κ1) is 19.7. The number of benzene rings is 2. The minimum Gasteiger partial charge on any atom is -0.381 e. The molecule has 4 rings (SSSR count). The van der Waals surface area contributed by atoms with E-state index in [1.807, 2.05) is 0 Å². The SMILES string of the molecule is C[C@@H](n1nnc2cccc(F)c2c1=O)[C@](O)(Cn1cncn1)c1ccc(F)cc1F. The maximum absolute atomic E-state index is 14.6. The van der Waals surface area contributed by atoms with Crippen molar-refractivity contribution in [3.8, 4) is 0 Å². The highest BCUT2D eigenvalue weighted by atomic mass is 19.1. The number of aliphatic hydroxyl groups is 1. The Hall–Kier alpha value is -3.60. The van der Waals surface area contributed by atoms with Gasteiger partial charge in [0.15, 0.2) is 0 Å². The van der Waals surface area contributed by atoms with Crippen molar-refractivity contribution in [2.75, 3.05) is 0 Å². The van der Waals surface area contributed by atoms with Crippen LogP contribution in [0.15, 0.2) is 53.8 Å². The molecule has 11 heteroatoms. The first-order valence-electron chi connectivity index (χ1n) is 8.85. The van der Waals surface area contributed by atoms with E-state index in [4.69, 9.17) is 0 Å². The Labute approximate surface area is 167 Å². The molecule has 154 valence electrons. The van der Waals surface area contributed by atoms with Gasteiger partial charge in [-0.25, -0.2) is 27.5 Å². The zero-order valence-corrected chi connectivity index (χ0v) is 15.6. The van der Waals surface area contributed by atoms with Crippen LogP contribution in [0, 0.1) is 17.5 Å². The molecule has 30 heavy (non-hydrogen) atoms. The minimum absolute atomic E-state index is 0.0382. The summed E-state index contributed by atoms with van der Waals surface area (Å²) in [7, 11) is 0. The maximum atomic E-state index is 14.6. The van der Waals surface area contributed by atoms with E-state index >= 15 is 0 Å². The highest BCUT2D eigenvalue weighted by molar-refractivity contribution is 5.77. The van der Waals surface area contributed by atoms with Gasteiger partial charge in [-0.3, -0.25) is 4.79 Å². The molecule has 1 N–H and O–H groups in total. The van der Waals surface area contributed by atoms with Crippen molar-refractivity contribution in [3.63, 3.8) is 0 Å². The van der Waals surface area contributed by atoms with Gasteiger partial charge in [0.2, 0.25) is 0 Å². The van der Waals surface area contributed by atoms with Gasteiger partial charge in [-0.05, 0) is 25.1 Å². The van der Waals surface area contributed by atoms with Crippen molar-refractivity contribution in [2.24, 2.45) is 0 Å². The first-order valence-corrected chi connectivity index (χ1v) is 8.85. The van der Waals surface area contributed by atoms with E-state index in [1.54, 1.807) is 0 Å². The molecular formula is C19H15F3N6O2. The van der Waals surface area contributed by atoms with Crippen molar-refractivity contribution in [3.05, 3.63) is 82.4 Å². The number of rotatable bonds is 5. The normalized spacial score (nSPS) is 14.6. The topological polar surface area (TPSA) is 98.7 Å². The van der Waals surface area contributed by atoms with Crippen molar-refractivity contribution in [1.82, 2.24) is 29.8 Å². The number of hydrogen-bond acceptors (Lipinski definition) is 6. The van der Waals surface area contributed by atoms with Crippen LogP contribution < -0.4 is 5.56 Å². The molecule has 2 aromatic carbocycles. The molecule has 4 aromatic rings. The van der Waals surface area contributed by atoms with Crippen LogP contribution in [0.5, 0.6) is 0 Å². The number of nitrogens with zero attached hydrogens (tertiary/aromatic N) is 6. The number of hydrogen-bond donors (Lipinski definition) is 1. The van der Waals surface area contributed by atoms with Gasteiger partial charge in [-0.15, -0.1) is 5.10 Å². The van der Waals surface area contributed by atoms with Gasteiger partial charge in [0.1, 0.15) is 46.6 Å². The minimum atomic E-state index is -2.14. The van der Waals surface area contributed by atoms with Crippen molar-refractivity contribution >= 4 is 10.9 Å². The second-order valence-electron chi connectivity index (χ2n) is 6.79. The van der Waals surface area contributed by atoms with Crippen LogP contribution in [-0.2, 0) is 12.1 Å². The second kappa shape index (κ2) is 7.34. The lowest BCUT2D eigenvalue weighted by Gasteiger charge is -2.34. The molecular weight excluding hydrogens is 401 g/mol. The molecule has 0 saturated heterocycles. The van der Waals surface area contributed by atoms with Crippen molar-refractivity contribution in [2.45, 2.75) is 25.1 Å². The summed E-state index contributed by atoms with van der Waals surface area (Å²) in [5, 5.41) is 22.8. The number of fused-ring (bicyclic) bond motifs is 1. The summed E-state index contributed by atoms with van der Waals surface area (Å²) < 4.78 is 44.3. The number of aromatic nitrogens is 6. The fourth-order valence-electron chi connectivity index (χ4n) is 3.36. The molecule has 0 aliphatic rings. The van der Waals surface area contributed by atoms with Gasteiger partial charge in [0.25, 0.3) is 5.56 Å². The molecule has 0 aliphatic heterocycles. The summed E-state index contributed by atoms with van der Waals surface area (Å²) in [4.78, 5) is 16.7. The Morgan fingerprint density at radius 2 is 1.97 bits per heavy atom. The summed E-state index contributed by atoms with van der Waals surface area (Å²) in [6, 6.07) is 5.32. The van der Waals surface area contributed by atoms with Crippen LogP contribution in [0.25, 0.3) is 10.9 Å². The monoisotopic (exact) mass is 416 g/mol. The first-order chi connectivity index (χ1) is 14.3. The lowest BCUT2D eigenvalue weighted by atomic mass is 9.86. The second-order valence-corrected chi connectivity index (χ2v) is 6.79. The zero-order chi connectivity index (χ0) is 21.5. The molecule has 0 fully saturated rings. The molecule has 0 radical (unpaired) electrons. The Kier molecular flexibility index (Phi) is 4.82. The standard InChI is InChI=1S/C19H15F3N6O2/c1-11(28-18(29)17-14(21)3-2-4-16(17)25-26-28)19(30,8-27-10-23-9-24-27)13-6-5-12(20)7-15(13)22/h2-7,9-11,30H,8H2,1H3/t11-,19-/m1/s1.